The third-order valence-electron chi connectivity index (χ3n) is 3.59. The summed E-state index contributed by atoms with van der Waals surface area (Å²) in [5.41, 5.74) is 1.03. The Bertz CT molecular complexity index is 381. The summed E-state index contributed by atoms with van der Waals surface area (Å²) in [4.78, 5) is 11.5. The minimum absolute atomic E-state index is 0.781. The lowest BCUT2D eigenvalue weighted by Gasteiger charge is -2.15. The van der Waals surface area contributed by atoms with Gasteiger partial charge in [0.05, 0.1) is 6.54 Å². The zero-order valence-electron chi connectivity index (χ0n) is 11.2. The van der Waals surface area contributed by atoms with Crippen LogP contribution in [0.4, 0.5) is 5.82 Å². The number of aromatic nitrogens is 2. The normalized spacial score (nSPS) is 25.2. The van der Waals surface area contributed by atoms with Crippen LogP contribution in [0.5, 0.6) is 0 Å². The topological polar surface area (TPSA) is 41.1 Å². The lowest BCUT2D eigenvalue weighted by Crippen LogP contribution is -2.22. The predicted molar refractivity (Wildman–Crippen MR) is 69.9 cm³/mol. The van der Waals surface area contributed by atoms with Crippen molar-refractivity contribution in [1.82, 2.24) is 14.9 Å². The summed E-state index contributed by atoms with van der Waals surface area (Å²) < 4.78 is 0. The van der Waals surface area contributed by atoms with Gasteiger partial charge in [-0.25, -0.2) is 9.97 Å². The molecule has 17 heavy (non-hydrogen) atoms. The van der Waals surface area contributed by atoms with Crippen LogP contribution >= 0.6 is 0 Å². The van der Waals surface area contributed by atoms with Crippen molar-refractivity contribution in [3.05, 3.63) is 17.6 Å². The number of nitrogens with zero attached hydrogens (tertiary/aromatic N) is 3. The lowest BCUT2D eigenvalue weighted by atomic mass is 10.0. The Balaban J connectivity index is 2.06. The molecule has 2 rings (SSSR count). The molecule has 4 heteroatoms. The zero-order valence-corrected chi connectivity index (χ0v) is 11.2. The molecule has 2 heterocycles. The molecule has 1 aromatic heterocycles. The van der Waals surface area contributed by atoms with Gasteiger partial charge in [-0.15, -0.1) is 0 Å². The molecule has 0 spiro atoms. The van der Waals surface area contributed by atoms with E-state index >= 15 is 0 Å². The Kier molecular flexibility index (Phi) is 3.62. The maximum Gasteiger partial charge on any atom is 0.144 e. The summed E-state index contributed by atoms with van der Waals surface area (Å²) in [6.07, 6.45) is 0. The van der Waals surface area contributed by atoms with Gasteiger partial charge in [0.1, 0.15) is 11.6 Å². The molecule has 1 N–H and O–H groups in total. The first kappa shape index (κ1) is 12.3. The Morgan fingerprint density at radius 1 is 1.29 bits per heavy atom. The summed E-state index contributed by atoms with van der Waals surface area (Å²) in [5, 5.41) is 3.08. The first-order valence-electron chi connectivity index (χ1n) is 6.33. The van der Waals surface area contributed by atoms with E-state index in [0.717, 1.165) is 48.8 Å². The highest BCUT2D eigenvalue weighted by Gasteiger charge is 2.26. The van der Waals surface area contributed by atoms with Crippen LogP contribution in [-0.4, -0.2) is 35.0 Å². The van der Waals surface area contributed by atoms with Crippen LogP contribution in [0.25, 0.3) is 0 Å². The molecule has 1 aliphatic rings. The summed E-state index contributed by atoms with van der Waals surface area (Å²) in [5.74, 6) is 3.40. The molecule has 1 aliphatic heterocycles. The standard InChI is InChI=1S/C13H22N4/c1-9-6-17(7-10(9)2)8-13-15-11(3)5-12(14-4)16-13/h5,9-10H,6-8H2,1-4H3,(H,14,15,16). The first-order valence-corrected chi connectivity index (χ1v) is 6.33. The van der Waals surface area contributed by atoms with Gasteiger partial charge in [0.2, 0.25) is 0 Å². The summed E-state index contributed by atoms with van der Waals surface area (Å²) in [6.45, 7) is 9.84. The second kappa shape index (κ2) is 5.00. The Labute approximate surface area is 103 Å². The number of hydrogen-bond acceptors (Lipinski definition) is 4. The van der Waals surface area contributed by atoms with E-state index in [-0.39, 0.29) is 0 Å². The SMILES string of the molecule is CNc1cc(C)nc(CN2CC(C)C(C)C2)n1. The molecule has 1 saturated heterocycles. The van der Waals surface area contributed by atoms with Crippen molar-refractivity contribution in [3.63, 3.8) is 0 Å². The maximum absolute atomic E-state index is 4.50. The molecule has 0 aliphatic carbocycles. The third kappa shape index (κ3) is 2.94. The molecule has 0 radical (unpaired) electrons. The third-order valence-corrected chi connectivity index (χ3v) is 3.59. The van der Waals surface area contributed by atoms with E-state index < -0.39 is 0 Å². The molecule has 0 aromatic carbocycles. The van der Waals surface area contributed by atoms with Gasteiger partial charge in [-0.05, 0) is 18.8 Å². The van der Waals surface area contributed by atoms with Crippen molar-refractivity contribution in [2.45, 2.75) is 27.3 Å². The highest BCUT2D eigenvalue weighted by Crippen LogP contribution is 2.23. The van der Waals surface area contributed by atoms with Crippen molar-refractivity contribution in [2.24, 2.45) is 11.8 Å². The molecule has 1 fully saturated rings. The van der Waals surface area contributed by atoms with E-state index in [0.29, 0.717) is 0 Å². The monoisotopic (exact) mass is 234 g/mol. The van der Waals surface area contributed by atoms with Gasteiger partial charge in [0.15, 0.2) is 0 Å². The fraction of sp³-hybridized carbons (Fsp3) is 0.692. The number of likely N-dealkylation sites (tertiary alicyclic amines) is 1. The molecular formula is C13H22N4. The van der Waals surface area contributed by atoms with Crippen molar-refractivity contribution in [1.29, 1.82) is 0 Å². The van der Waals surface area contributed by atoms with E-state index in [1.807, 2.05) is 20.0 Å². The smallest absolute Gasteiger partial charge is 0.144 e. The van der Waals surface area contributed by atoms with Gasteiger partial charge in [-0.3, -0.25) is 4.90 Å². The van der Waals surface area contributed by atoms with Crippen molar-refractivity contribution in [2.75, 3.05) is 25.5 Å². The fourth-order valence-electron chi connectivity index (χ4n) is 2.41. The van der Waals surface area contributed by atoms with E-state index in [4.69, 9.17) is 0 Å². The Morgan fingerprint density at radius 2 is 1.94 bits per heavy atom. The second-order valence-corrected chi connectivity index (χ2v) is 5.21. The lowest BCUT2D eigenvalue weighted by molar-refractivity contribution is 0.307. The van der Waals surface area contributed by atoms with Gasteiger partial charge < -0.3 is 5.32 Å². The molecule has 2 unspecified atom stereocenters. The first-order chi connectivity index (χ1) is 8.08. The zero-order chi connectivity index (χ0) is 12.4. The number of nitrogens with one attached hydrogen (secondary N) is 1. The number of aryl methyl sites for hydroxylation is 1. The van der Waals surface area contributed by atoms with Crippen LogP contribution in [0.15, 0.2) is 6.07 Å². The molecule has 4 nitrogen and oxygen atoms in total. The van der Waals surface area contributed by atoms with Crippen LogP contribution in [-0.2, 0) is 6.54 Å². The van der Waals surface area contributed by atoms with Crippen LogP contribution < -0.4 is 5.32 Å². The molecule has 0 amide bonds. The van der Waals surface area contributed by atoms with Crippen LogP contribution in [0, 0.1) is 18.8 Å². The Hall–Kier alpha value is -1.16. The van der Waals surface area contributed by atoms with Gasteiger partial charge >= 0.3 is 0 Å². The van der Waals surface area contributed by atoms with Crippen LogP contribution in [0.2, 0.25) is 0 Å². The van der Waals surface area contributed by atoms with Gasteiger partial charge in [-0.2, -0.15) is 0 Å². The largest absolute Gasteiger partial charge is 0.373 e. The van der Waals surface area contributed by atoms with Crippen molar-refractivity contribution < 1.29 is 0 Å². The van der Waals surface area contributed by atoms with Gasteiger partial charge in [-0.1, -0.05) is 13.8 Å². The van der Waals surface area contributed by atoms with E-state index in [1.165, 1.54) is 0 Å². The summed E-state index contributed by atoms with van der Waals surface area (Å²) in [6, 6.07) is 1.97. The number of hydrogen-bond donors (Lipinski definition) is 1. The average Bonchev–Trinajstić information content (AvgIpc) is 2.57. The van der Waals surface area contributed by atoms with Crippen molar-refractivity contribution >= 4 is 5.82 Å². The van der Waals surface area contributed by atoms with Crippen molar-refractivity contribution in [3.8, 4) is 0 Å². The Morgan fingerprint density at radius 3 is 2.53 bits per heavy atom. The molecule has 2 atom stereocenters. The summed E-state index contributed by atoms with van der Waals surface area (Å²) >= 11 is 0. The highest BCUT2D eigenvalue weighted by atomic mass is 15.2. The molecule has 1 aromatic rings. The number of rotatable bonds is 3. The average molecular weight is 234 g/mol. The second-order valence-electron chi connectivity index (χ2n) is 5.21. The van der Waals surface area contributed by atoms with E-state index in [9.17, 15) is 0 Å². The molecule has 94 valence electrons. The van der Waals surface area contributed by atoms with Gasteiger partial charge in [0, 0.05) is 31.9 Å². The van der Waals surface area contributed by atoms with E-state index in [1.54, 1.807) is 0 Å². The van der Waals surface area contributed by atoms with Crippen LogP contribution in [0.1, 0.15) is 25.4 Å². The number of anilines is 1. The highest BCUT2D eigenvalue weighted by molar-refractivity contribution is 5.34. The minimum atomic E-state index is 0.781. The van der Waals surface area contributed by atoms with Gasteiger partial charge in [0.25, 0.3) is 0 Å². The van der Waals surface area contributed by atoms with E-state index in [2.05, 4.69) is 34.0 Å². The maximum atomic E-state index is 4.50. The molecular weight excluding hydrogens is 212 g/mol. The summed E-state index contributed by atoms with van der Waals surface area (Å²) in [7, 11) is 1.89. The molecule has 0 bridgehead atoms. The fourth-order valence-corrected chi connectivity index (χ4v) is 2.41. The predicted octanol–water partition coefficient (Wildman–Crippen LogP) is 1.91. The quantitative estimate of drug-likeness (QED) is 0.867. The molecule has 0 saturated carbocycles. The van der Waals surface area contributed by atoms with Crippen LogP contribution in [0.3, 0.4) is 0 Å². The minimum Gasteiger partial charge on any atom is -0.373 e.